The maximum atomic E-state index is 12.2. The zero-order valence-corrected chi connectivity index (χ0v) is 17.2. The van der Waals surface area contributed by atoms with Crippen LogP contribution in [0, 0.1) is 6.92 Å². The van der Waals surface area contributed by atoms with E-state index in [0.29, 0.717) is 11.6 Å². The lowest BCUT2D eigenvalue weighted by Crippen LogP contribution is -2.32. The van der Waals surface area contributed by atoms with Crippen molar-refractivity contribution in [1.29, 1.82) is 0 Å². The number of sulfonamides is 1. The molecule has 0 aliphatic carbocycles. The zero-order chi connectivity index (χ0) is 20.0. The molecule has 27 heavy (non-hydrogen) atoms. The van der Waals surface area contributed by atoms with Gasteiger partial charge < -0.3 is 5.32 Å². The van der Waals surface area contributed by atoms with Gasteiger partial charge in [0, 0.05) is 25.2 Å². The van der Waals surface area contributed by atoms with Gasteiger partial charge in [-0.1, -0.05) is 50.2 Å². The van der Waals surface area contributed by atoms with E-state index in [-0.39, 0.29) is 25.4 Å². The van der Waals surface area contributed by atoms with E-state index >= 15 is 0 Å². The fourth-order valence-corrected chi connectivity index (χ4v) is 3.54. The molecular weight excluding hydrogens is 360 g/mol. The maximum Gasteiger partial charge on any atom is 0.225 e. The first kappa shape index (κ1) is 21.1. The molecule has 0 unspecified atom stereocenters. The molecule has 5 nitrogen and oxygen atoms in total. The Labute approximate surface area is 162 Å². The van der Waals surface area contributed by atoms with E-state index in [1.54, 1.807) is 0 Å². The number of nitrogens with zero attached hydrogens (tertiary/aromatic N) is 1. The molecule has 2 aromatic carbocycles. The molecular formula is C21H28N2O3S. The number of amides is 1. The summed E-state index contributed by atoms with van der Waals surface area (Å²) < 4.78 is 25.6. The van der Waals surface area contributed by atoms with Crippen LogP contribution in [0.1, 0.15) is 42.9 Å². The standard InChI is InChI=1S/C21H28N2O3S/c1-16(2)18-9-11-20(12-10-18)22-21(24)13-14-23(27(4,25)26)15-19-8-6-5-7-17(19)3/h5-12,16H,13-15H2,1-4H3,(H,22,24). The van der Waals surface area contributed by atoms with Crippen LogP contribution in [0.3, 0.4) is 0 Å². The average molecular weight is 389 g/mol. The van der Waals surface area contributed by atoms with Gasteiger partial charge in [0.25, 0.3) is 0 Å². The summed E-state index contributed by atoms with van der Waals surface area (Å²) in [7, 11) is -3.41. The van der Waals surface area contributed by atoms with Gasteiger partial charge in [-0.3, -0.25) is 4.79 Å². The molecule has 0 heterocycles. The summed E-state index contributed by atoms with van der Waals surface area (Å²) in [5.74, 6) is 0.227. The van der Waals surface area contributed by atoms with E-state index in [1.165, 1.54) is 16.1 Å². The number of hydrogen-bond acceptors (Lipinski definition) is 3. The molecule has 146 valence electrons. The second-order valence-electron chi connectivity index (χ2n) is 7.10. The van der Waals surface area contributed by atoms with Crippen molar-refractivity contribution in [1.82, 2.24) is 4.31 Å². The Bertz CT molecular complexity index is 875. The van der Waals surface area contributed by atoms with Crippen molar-refractivity contribution in [2.24, 2.45) is 0 Å². The van der Waals surface area contributed by atoms with Crippen molar-refractivity contribution in [3.63, 3.8) is 0 Å². The number of hydrogen-bond donors (Lipinski definition) is 1. The third kappa shape index (κ3) is 6.48. The van der Waals surface area contributed by atoms with Crippen molar-refractivity contribution >= 4 is 21.6 Å². The van der Waals surface area contributed by atoms with E-state index in [4.69, 9.17) is 0 Å². The summed E-state index contributed by atoms with van der Waals surface area (Å²) >= 11 is 0. The summed E-state index contributed by atoms with van der Waals surface area (Å²) in [6.07, 6.45) is 1.28. The van der Waals surface area contributed by atoms with Gasteiger partial charge in [0.05, 0.1) is 6.26 Å². The number of carbonyl (C=O) groups is 1. The van der Waals surface area contributed by atoms with Crippen LogP contribution in [0.2, 0.25) is 0 Å². The highest BCUT2D eigenvalue weighted by Gasteiger charge is 2.19. The van der Waals surface area contributed by atoms with Gasteiger partial charge in [0.1, 0.15) is 0 Å². The molecule has 0 aliphatic rings. The molecule has 0 spiro atoms. The van der Waals surface area contributed by atoms with E-state index in [0.717, 1.165) is 11.1 Å². The maximum absolute atomic E-state index is 12.2. The topological polar surface area (TPSA) is 66.5 Å². The predicted molar refractivity (Wildman–Crippen MR) is 110 cm³/mol. The van der Waals surface area contributed by atoms with Crippen LogP contribution in [0.25, 0.3) is 0 Å². The average Bonchev–Trinajstić information content (AvgIpc) is 2.59. The molecule has 0 atom stereocenters. The third-order valence-electron chi connectivity index (χ3n) is 4.53. The Kier molecular flexibility index (Phi) is 7.16. The second-order valence-corrected chi connectivity index (χ2v) is 9.08. The van der Waals surface area contributed by atoms with Crippen LogP contribution in [-0.4, -0.2) is 31.4 Å². The molecule has 0 aliphatic heterocycles. The zero-order valence-electron chi connectivity index (χ0n) is 16.4. The molecule has 0 radical (unpaired) electrons. The lowest BCUT2D eigenvalue weighted by Gasteiger charge is -2.21. The third-order valence-corrected chi connectivity index (χ3v) is 5.78. The van der Waals surface area contributed by atoms with Crippen molar-refractivity contribution < 1.29 is 13.2 Å². The Balaban J connectivity index is 1.98. The highest BCUT2D eigenvalue weighted by molar-refractivity contribution is 7.88. The lowest BCUT2D eigenvalue weighted by atomic mass is 10.0. The molecule has 1 amide bonds. The molecule has 0 aromatic heterocycles. The van der Waals surface area contributed by atoms with Crippen LogP contribution < -0.4 is 5.32 Å². The van der Waals surface area contributed by atoms with Crippen molar-refractivity contribution in [3.05, 3.63) is 65.2 Å². The van der Waals surface area contributed by atoms with Gasteiger partial charge in [-0.15, -0.1) is 0 Å². The number of carbonyl (C=O) groups excluding carboxylic acids is 1. The van der Waals surface area contributed by atoms with Crippen LogP contribution in [0.5, 0.6) is 0 Å². The van der Waals surface area contributed by atoms with Crippen molar-refractivity contribution in [2.75, 3.05) is 18.1 Å². The smallest absolute Gasteiger partial charge is 0.225 e. The molecule has 2 aromatic rings. The highest BCUT2D eigenvalue weighted by Crippen LogP contribution is 2.18. The fourth-order valence-electron chi connectivity index (χ4n) is 2.74. The minimum Gasteiger partial charge on any atom is -0.326 e. The van der Waals surface area contributed by atoms with Gasteiger partial charge >= 0.3 is 0 Å². The second kappa shape index (κ2) is 9.15. The Morgan fingerprint density at radius 3 is 2.26 bits per heavy atom. The van der Waals surface area contributed by atoms with Crippen LogP contribution in [-0.2, 0) is 21.4 Å². The first-order chi connectivity index (χ1) is 12.7. The molecule has 6 heteroatoms. The minimum atomic E-state index is -3.41. The number of nitrogens with one attached hydrogen (secondary N) is 1. The Morgan fingerprint density at radius 1 is 1.07 bits per heavy atom. The molecule has 0 bridgehead atoms. The first-order valence-corrected chi connectivity index (χ1v) is 10.9. The first-order valence-electron chi connectivity index (χ1n) is 9.06. The summed E-state index contributed by atoms with van der Waals surface area (Å²) in [5, 5.41) is 2.83. The van der Waals surface area contributed by atoms with Crippen LogP contribution in [0.15, 0.2) is 48.5 Å². The lowest BCUT2D eigenvalue weighted by molar-refractivity contribution is -0.116. The van der Waals surface area contributed by atoms with Gasteiger partial charge in [-0.25, -0.2) is 8.42 Å². The summed E-state index contributed by atoms with van der Waals surface area (Å²) in [5.41, 5.74) is 3.89. The normalized spacial score (nSPS) is 11.8. The molecule has 0 fully saturated rings. The van der Waals surface area contributed by atoms with Crippen molar-refractivity contribution in [2.45, 2.75) is 39.7 Å². The SMILES string of the molecule is Cc1ccccc1CN(CCC(=O)Nc1ccc(C(C)C)cc1)S(C)(=O)=O. The highest BCUT2D eigenvalue weighted by atomic mass is 32.2. The van der Waals surface area contributed by atoms with Crippen LogP contribution in [0.4, 0.5) is 5.69 Å². The monoisotopic (exact) mass is 388 g/mol. The molecule has 0 saturated heterocycles. The summed E-state index contributed by atoms with van der Waals surface area (Å²) in [6.45, 7) is 6.58. The van der Waals surface area contributed by atoms with E-state index in [2.05, 4.69) is 19.2 Å². The van der Waals surface area contributed by atoms with E-state index in [9.17, 15) is 13.2 Å². The van der Waals surface area contributed by atoms with Crippen molar-refractivity contribution in [3.8, 4) is 0 Å². The van der Waals surface area contributed by atoms with Gasteiger partial charge in [0.15, 0.2) is 0 Å². The minimum absolute atomic E-state index is 0.102. The molecule has 0 saturated carbocycles. The van der Waals surface area contributed by atoms with E-state index in [1.807, 2.05) is 55.5 Å². The predicted octanol–water partition coefficient (Wildman–Crippen LogP) is 3.91. The van der Waals surface area contributed by atoms with Gasteiger partial charge in [0.2, 0.25) is 15.9 Å². The molecule has 2 rings (SSSR count). The number of anilines is 1. The van der Waals surface area contributed by atoms with Gasteiger partial charge in [-0.2, -0.15) is 4.31 Å². The summed E-state index contributed by atoms with van der Waals surface area (Å²) in [4.78, 5) is 12.2. The Hall–Kier alpha value is -2.18. The molecule has 1 N–H and O–H groups in total. The van der Waals surface area contributed by atoms with Gasteiger partial charge in [-0.05, 0) is 41.7 Å². The fraction of sp³-hybridized carbons (Fsp3) is 0.381. The van der Waals surface area contributed by atoms with Crippen LogP contribution >= 0.6 is 0 Å². The summed E-state index contributed by atoms with van der Waals surface area (Å²) in [6, 6.07) is 15.4. The van der Waals surface area contributed by atoms with E-state index < -0.39 is 10.0 Å². The number of benzene rings is 2. The number of rotatable bonds is 8. The largest absolute Gasteiger partial charge is 0.326 e. The Morgan fingerprint density at radius 2 is 1.70 bits per heavy atom. The number of aryl methyl sites for hydroxylation is 1. The quantitative estimate of drug-likeness (QED) is 0.746.